The van der Waals surface area contributed by atoms with Gasteiger partial charge in [-0.3, -0.25) is 4.79 Å². The lowest BCUT2D eigenvalue weighted by Gasteiger charge is -2.05. The molecule has 0 unspecified atom stereocenters. The van der Waals surface area contributed by atoms with Crippen molar-refractivity contribution < 1.29 is 9.18 Å². The Balaban J connectivity index is 2.42. The molecule has 0 N–H and O–H groups in total. The molecule has 94 valence electrons. The Bertz CT molecular complexity index is 582. The molecule has 6 heteroatoms. The molecule has 0 aliphatic heterocycles. The highest BCUT2D eigenvalue weighted by Gasteiger charge is 2.19. The largest absolute Gasteiger partial charge is 0.287 e. The van der Waals surface area contributed by atoms with Crippen molar-refractivity contribution in [1.82, 2.24) is 15.0 Å². The van der Waals surface area contributed by atoms with Gasteiger partial charge in [0.1, 0.15) is 5.69 Å². The molecule has 0 bridgehead atoms. The van der Waals surface area contributed by atoms with Gasteiger partial charge in [0, 0.05) is 6.54 Å². The zero-order chi connectivity index (χ0) is 13.1. The number of carbonyl (C=O) groups is 1. The van der Waals surface area contributed by atoms with E-state index in [1.54, 1.807) is 0 Å². The zero-order valence-corrected chi connectivity index (χ0v) is 10.5. The summed E-state index contributed by atoms with van der Waals surface area (Å²) in [5.41, 5.74) is 0.195. The molecule has 0 aliphatic rings. The maximum absolute atomic E-state index is 13.8. The number of carbonyl (C=O) groups excluding carboxylic acids is 1. The Morgan fingerprint density at radius 2 is 2.28 bits per heavy atom. The summed E-state index contributed by atoms with van der Waals surface area (Å²) in [6, 6.07) is 4.33. The molecular weight excluding hydrogens is 257 g/mol. The fourth-order valence-corrected chi connectivity index (χ4v) is 1.80. The Morgan fingerprint density at radius 3 is 3.00 bits per heavy atom. The van der Waals surface area contributed by atoms with E-state index >= 15 is 0 Å². The van der Waals surface area contributed by atoms with Gasteiger partial charge in [-0.25, -0.2) is 9.07 Å². The topological polar surface area (TPSA) is 47.8 Å². The first-order valence-corrected chi connectivity index (χ1v) is 5.90. The highest BCUT2D eigenvalue weighted by Crippen LogP contribution is 2.20. The Labute approximate surface area is 108 Å². The number of aryl methyl sites for hydroxylation is 1. The molecule has 0 aliphatic carbocycles. The molecule has 0 spiro atoms. The minimum absolute atomic E-state index is 0.0675. The summed E-state index contributed by atoms with van der Waals surface area (Å²) in [5, 5.41) is 7.40. The molecule has 1 heterocycles. The predicted octanol–water partition coefficient (Wildman–Crippen LogP) is 2.71. The van der Waals surface area contributed by atoms with E-state index < -0.39 is 11.6 Å². The normalized spacial score (nSPS) is 10.6. The average Bonchev–Trinajstić information content (AvgIpc) is 2.80. The zero-order valence-electron chi connectivity index (χ0n) is 9.73. The van der Waals surface area contributed by atoms with E-state index in [0.717, 1.165) is 6.42 Å². The fourth-order valence-electron chi connectivity index (χ4n) is 1.63. The van der Waals surface area contributed by atoms with Crippen molar-refractivity contribution in [2.24, 2.45) is 0 Å². The van der Waals surface area contributed by atoms with Gasteiger partial charge in [-0.1, -0.05) is 29.8 Å². The second kappa shape index (κ2) is 5.27. The van der Waals surface area contributed by atoms with Crippen LogP contribution in [0.15, 0.2) is 24.4 Å². The van der Waals surface area contributed by atoms with Crippen LogP contribution in [-0.2, 0) is 6.54 Å². The molecule has 2 rings (SSSR count). The summed E-state index contributed by atoms with van der Waals surface area (Å²) in [4.78, 5) is 12.2. The molecule has 2 aromatic rings. The Morgan fingerprint density at radius 1 is 1.50 bits per heavy atom. The minimum atomic E-state index is -0.714. The van der Waals surface area contributed by atoms with E-state index in [-0.39, 0.29) is 16.3 Å². The first kappa shape index (κ1) is 12.7. The van der Waals surface area contributed by atoms with Gasteiger partial charge in [0.05, 0.1) is 16.8 Å². The monoisotopic (exact) mass is 267 g/mol. The van der Waals surface area contributed by atoms with Crippen LogP contribution in [0.5, 0.6) is 0 Å². The maximum atomic E-state index is 13.8. The van der Waals surface area contributed by atoms with Gasteiger partial charge in [-0.2, -0.15) is 0 Å². The van der Waals surface area contributed by atoms with E-state index in [9.17, 15) is 9.18 Å². The van der Waals surface area contributed by atoms with Crippen molar-refractivity contribution in [2.45, 2.75) is 19.9 Å². The molecule has 1 aromatic carbocycles. The molecule has 0 saturated carbocycles. The van der Waals surface area contributed by atoms with Crippen LogP contribution in [0.2, 0.25) is 5.02 Å². The molecule has 0 saturated heterocycles. The number of benzene rings is 1. The number of nitrogens with zero attached hydrogens (tertiary/aromatic N) is 3. The van der Waals surface area contributed by atoms with E-state index in [1.165, 1.54) is 29.1 Å². The summed E-state index contributed by atoms with van der Waals surface area (Å²) in [5.74, 6) is -1.18. The standard InChI is InChI=1S/C12H11ClFN3O/c1-2-6-17-10(7-15-16-17)12(18)8-4-3-5-9(13)11(8)14/h3-5,7H,2,6H2,1H3. The van der Waals surface area contributed by atoms with Gasteiger partial charge < -0.3 is 0 Å². The van der Waals surface area contributed by atoms with Crippen LogP contribution in [0, 0.1) is 5.82 Å². The van der Waals surface area contributed by atoms with Crippen LogP contribution in [-0.4, -0.2) is 20.8 Å². The van der Waals surface area contributed by atoms with Crippen molar-refractivity contribution in [2.75, 3.05) is 0 Å². The Kier molecular flexibility index (Phi) is 3.72. The first-order chi connectivity index (χ1) is 8.65. The van der Waals surface area contributed by atoms with Crippen LogP contribution < -0.4 is 0 Å². The van der Waals surface area contributed by atoms with Crippen LogP contribution in [0.3, 0.4) is 0 Å². The third-order valence-corrected chi connectivity index (χ3v) is 2.77. The number of halogens is 2. The van der Waals surface area contributed by atoms with Crippen LogP contribution >= 0.6 is 11.6 Å². The quantitative estimate of drug-likeness (QED) is 0.800. The van der Waals surface area contributed by atoms with Gasteiger partial charge in [0.25, 0.3) is 0 Å². The maximum Gasteiger partial charge on any atom is 0.215 e. The molecule has 0 amide bonds. The summed E-state index contributed by atoms with van der Waals surface area (Å²) in [6.45, 7) is 2.51. The van der Waals surface area contributed by atoms with Gasteiger partial charge in [-0.05, 0) is 18.6 Å². The molecule has 0 fully saturated rings. The van der Waals surface area contributed by atoms with Gasteiger partial charge in [-0.15, -0.1) is 5.10 Å². The molecule has 4 nitrogen and oxygen atoms in total. The van der Waals surface area contributed by atoms with Crippen molar-refractivity contribution in [3.63, 3.8) is 0 Å². The smallest absolute Gasteiger partial charge is 0.215 e. The number of ketones is 1. The molecule has 18 heavy (non-hydrogen) atoms. The molecule has 0 atom stereocenters. The van der Waals surface area contributed by atoms with Gasteiger partial charge in [0.2, 0.25) is 5.78 Å². The Hall–Kier alpha value is -1.75. The summed E-state index contributed by atoms with van der Waals surface area (Å²) < 4.78 is 15.2. The predicted molar refractivity (Wildman–Crippen MR) is 65.2 cm³/mol. The summed E-state index contributed by atoms with van der Waals surface area (Å²) >= 11 is 5.65. The van der Waals surface area contributed by atoms with Crippen LogP contribution in [0.25, 0.3) is 0 Å². The summed E-state index contributed by atoms with van der Waals surface area (Å²) in [6.07, 6.45) is 2.14. The number of hydrogen-bond acceptors (Lipinski definition) is 3. The lowest BCUT2D eigenvalue weighted by Crippen LogP contribution is -2.13. The highest BCUT2D eigenvalue weighted by molar-refractivity contribution is 6.31. The van der Waals surface area contributed by atoms with Crippen LogP contribution in [0.1, 0.15) is 29.4 Å². The second-order valence-electron chi connectivity index (χ2n) is 3.77. The van der Waals surface area contributed by atoms with Crippen molar-refractivity contribution >= 4 is 17.4 Å². The first-order valence-electron chi connectivity index (χ1n) is 5.52. The van der Waals surface area contributed by atoms with Crippen molar-refractivity contribution in [3.05, 3.63) is 46.5 Å². The van der Waals surface area contributed by atoms with E-state index in [2.05, 4.69) is 10.3 Å². The lowest BCUT2D eigenvalue weighted by atomic mass is 10.1. The van der Waals surface area contributed by atoms with Crippen LogP contribution in [0.4, 0.5) is 4.39 Å². The highest BCUT2D eigenvalue weighted by atomic mass is 35.5. The molecule has 1 aromatic heterocycles. The fraction of sp³-hybridized carbons (Fsp3) is 0.250. The number of aromatic nitrogens is 3. The average molecular weight is 268 g/mol. The SMILES string of the molecule is CCCn1nncc1C(=O)c1cccc(Cl)c1F. The molecule has 0 radical (unpaired) electrons. The van der Waals surface area contributed by atoms with Gasteiger partial charge >= 0.3 is 0 Å². The second-order valence-corrected chi connectivity index (χ2v) is 4.18. The lowest BCUT2D eigenvalue weighted by molar-refractivity contribution is 0.102. The van der Waals surface area contributed by atoms with E-state index in [0.29, 0.717) is 6.54 Å². The van der Waals surface area contributed by atoms with E-state index in [1.807, 2.05) is 6.92 Å². The number of rotatable bonds is 4. The third-order valence-electron chi connectivity index (χ3n) is 2.48. The third kappa shape index (κ3) is 2.26. The summed E-state index contributed by atoms with van der Waals surface area (Å²) in [7, 11) is 0. The molecular formula is C12H11ClFN3O. The van der Waals surface area contributed by atoms with Crippen molar-refractivity contribution in [3.8, 4) is 0 Å². The minimum Gasteiger partial charge on any atom is -0.287 e. The van der Waals surface area contributed by atoms with E-state index in [4.69, 9.17) is 11.6 Å². The number of hydrogen-bond donors (Lipinski definition) is 0. The van der Waals surface area contributed by atoms with Gasteiger partial charge in [0.15, 0.2) is 5.82 Å². The van der Waals surface area contributed by atoms with Crippen molar-refractivity contribution in [1.29, 1.82) is 0 Å².